The molecule has 0 radical (unpaired) electrons. The predicted molar refractivity (Wildman–Crippen MR) is 96.6 cm³/mol. The van der Waals surface area contributed by atoms with E-state index in [0.717, 1.165) is 18.4 Å². The number of amides is 2. The Hall–Kier alpha value is -3.15. The Balaban J connectivity index is 1.70. The highest BCUT2D eigenvalue weighted by molar-refractivity contribution is 5.97. The van der Waals surface area contributed by atoms with Crippen molar-refractivity contribution in [2.45, 2.75) is 19.4 Å². The fourth-order valence-electron chi connectivity index (χ4n) is 2.64. The fraction of sp³-hybridized carbons (Fsp3) is 0.250. The second-order valence-corrected chi connectivity index (χ2v) is 6.38. The molecule has 3 rings (SSSR count). The first-order valence-electron chi connectivity index (χ1n) is 8.49. The van der Waals surface area contributed by atoms with E-state index < -0.39 is 5.97 Å². The minimum absolute atomic E-state index is 0.000609. The Labute approximate surface area is 151 Å². The van der Waals surface area contributed by atoms with Crippen molar-refractivity contribution in [3.05, 3.63) is 65.7 Å². The summed E-state index contributed by atoms with van der Waals surface area (Å²) < 4.78 is 0. The first-order valence-corrected chi connectivity index (χ1v) is 8.49. The Bertz CT molecular complexity index is 798. The van der Waals surface area contributed by atoms with E-state index in [0.29, 0.717) is 11.3 Å². The summed E-state index contributed by atoms with van der Waals surface area (Å²) in [4.78, 5) is 36.9. The average Bonchev–Trinajstić information content (AvgIpc) is 3.47. The minimum atomic E-state index is -1.07. The van der Waals surface area contributed by atoms with Gasteiger partial charge in [0, 0.05) is 23.7 Å². The summed E-state index contributed by atoms with van der Waals surface area (Å²) in [5.41, 5.74) is 1.87. The molecule has 1 saturated carbocycles. The lowest BCUT2D eigenvalue weighted by atomic mass is 10.1. The van der Waals surface area contributed by atoms with Gasteiger partial charge in [0.25, 0.3) is 5.91 Å². The molecule has 0 spiro atoms. The smallest absolute Gasteiger partial charge is 0.323 e. The summed E-state index contributed by atoms with van der Waals surface area (Å²) in [7, 11) is 0. The number of nitrogens with zero attached hydrogens (tertiary/aromatic N) is 1. The van der Waals surface area contributed by atoms with E-state index in [1.165, 1.54) is 4.90 Å². The van der Waals surface area contributed by atoms with Crippen molar-refractivity contribution >= 4 is 23.5 Å². The highest BCUT2D eigenvalue weighted by Crippen LogP contribution is 2.30. The second-order valence-electron chi connectivity index (χ2n) is 6.38. The molecule has 26 heavy (non-hydrogen) atoms. The number of hydrogen-bond donors (Lipinski definition) is 2. The van der Waals surface area contributed by atoms with Gasteiger partial charge in [0.1, 0.15) is 6.54 Å². The number of hydrogen-bond acceptors (Lipinski definition) is 3. The number of nitrogens with one attached hydrogen (secondary N) is 1. The number of carboxylic acid groups (broad SMARTS) is 1. The van der Waals surface area contributed by atoms with Crippen molar-refractivity contribution in [3.63, 3.8) is 0 Å². The van der Waals surface area contributed by atoms with Crippen LogP contribution in [0.3, 0.4) is 0 Å². The maximum atomic E-state index is 12.7. The van der Waals surface area contributed by atoms with Crippen LogP contribution in [-0.4, -0.2) is 34.3 Å². The lowest BCUT2D eigenvalue weighted by molar-refractivity contribution is -0.137. The van der Waals surface area contributed by atoms with E-state index in [4.69, 9.17) is 5.11 Å². The molecule has 1 fully saturated rings. The molecule has 0 heterocycles. The molecular weight excluding hydrogens is 332 g/mol. The minimum Gasteiger partial charge on any atom is -0.480 e. The maximum absolute atomic E-state index is 12.7. The Kier molecular flexibility index (Phi) is 5.31. The molecule has 2 N–H and O–H groups in total. The molecule has 0 aromatic heterocycles. The lowest BCUT2D eigenvalue weighted by Crippen LogP contribution is -2.35. The van der Waals surface area contributed by atoms with Gasteiger partial charge in [-0.25, -0.2) is 0 Å². The van der Waals surface area contributed by atoms with E-state index in [2.05, 4.69) is 5.32 Å². The van der Waals surface area contributed by atoms with Crippen LogP contribution in [0.5, 0.6) is 0 Å². The number of carbonyl (C=O) groups is 3. The third-order valence-electron chi connectivity index (χ3n) is 4.18. The summed E-state index contributed by atoms with van der Waals surface area (Å²) >= 11 is 0. The molecule has 6 heteroatoms. The highest BCUT2D eigenvalue weighted by atomic mass is 16.4. The molecule has 134 valence electrons. The molecule has 0 atom stereocenters. The molecule has 0 unspecified atom stereocenters. The van der Waals surface area contributed by atoms with E-state index in [-0.39, 0.29) is 30.8 Å². The van der Waals surface area contributed by atoms with Crippen LogP contribution in [0, 0.1) is 5.92 Å². The number of carboxylic acids is 1. The molecule has 0 saturated heterocycles. The van der Waals surface area contributed by atoms with E-state index >= 15 is 0 Å². The quantitative estimate of drug-likeness (QED) is 0.802. The van der Waals surface area contributed by atoms with Crippen molar-refractivity contribution < 1.29 is 19.5 Å². The Morgan fingerprint density at radius 1 is 1.00 bits per heavy atom. The maximum Gasteiger partial charge on any atom is 0.323 e. The van der Waals surface area contributed by atoms with Crippen LogP contribution in [0.2, 0.25) is 0 Å². The summed E-state index contributed by atoms with van der Waals surface area (Å²) in [6, 6.07) is 15.8. The van der Waals surface area contributed by atoms with Crippen molar-refractivity contribution in [1.82, 2.24) is 4.90 Å². The molecule has 2 aromatic rings. The monoisotopic (exact) mass is 352 g/mol. The molecule has 2 amide bonds. The predicted octanol–water partition coefficient (Wildman–Crippen LogP) is 2.76. The van der Waals surface area contributed by atoms with E-state index in [9.17, 15) is 14.4 Å². The summed E-state index contributed by atoms with van der Waals surface area (Å²) in [5, 5.41) is 11.9. The topological polar surface area (TPSA) is 86.7 Å². The normalized spacial score (nSPS) is 13.1. The lowest BCUT2D eigenvalue weighted by Gasteiger charge is -2.21. The van der Waals surface area contributed by atoms with Gasteiger partial charge in [0.15, 0.2) is 0 Å². The van der Waals surface area contributed by atoms with Gasteiger partial charge in [0.2, 0.25) is 5.91 Å². The first kappa shape index (κ1) is 17.7. The molecular formula is C20H20N2O4. The van der Waals surface area contributed by atoms with Gasteiger partial charge in [-0.05, 0) is 42.7 Å². The van der Waals surface area contributed by atoms with Gasteiger partial charge in [-0.3, -0.25) is 14.4 Å². The van der Waals surface area contributed by atoms with Crippen LogP contribution in [0.15, 0.2) is 54.6 Å². The number of anilines is 1. The highest BCUT2D eigenvalue weighted by Gasteiger charge is 2.29. The zero-order valence-corrected chi connectivity index (χ0v) is 14.2. The number of rotatable bonds is 7. The van der Waals surface area contributed by atoms with E-state index in [1.54, 1.807) is 24.3 Å². The van der Waals surface area contributed by atoms with Crippen LogP contribution in [0.4, 0.5) is 5.69 Å². The van der Waals surface area contributed by atoms with Crippen LogP contribution in [0.25, 0.3) is 0 Å². The van der Waals surface area contributed by atoms with Crippen molar-refractivity contribution in [2.24, 2.45) is 5.92 Å². The molecule has 6 nitrogen and oxygen atoms in total. The summed E-state index contributed by atoms with van der Waals surface area (Å²) in [5.74, 6) is -1.33. The van der Waals surface area contributed by atoms with Gasteiger partial charge in [-0.15, -0.1) is 0 Å². The van der Waals surface area contributed by atoms with Gasteiger partial charge < -0.3 is 15.3 Å². The van der Waals surface area contributed by atoms with Crippen LogP contribution in [-0.2, 0) is 16.1 Å². The third-order valence-corrected chi connectivity index (χ3v) is 4.18. The zero-order valence-electron chi connectivity index (χ0n) is 14.2. The Morgan fingerprint density at radius 2 is 1.65 bits per heavy atom. The van der Waals surface area contributed by atoms with Gasteiger partial charge in [0.05, 0.1) is 0 Å². The third kappa shape index (κ3) is 4.69. The second kappa shape index (κ2) is 7.82. The van der Waals surface area contributed by atoms with E-state index in [1.807, 2.05) is 30.3 Å². The van der Waals surface area contributed by atoms with Crippen LogP contribution in [0.1, 0.15) is 28.8 Å². The number of aliphatic carboxylic acids is 1. The summed E-state index contributed by atoms with van der Waals surface area (Å²) in [6.45, 7) is -0.167. The molecule has 0 aliphatic heterocycles. The standard InChI is InChI=1S/C20H20N2O4/c23-18(24)13-22(12-14-4-2-1-3-5-14)20(26)16-8-10-17(11-9-16)21-19(25)15-6-7-15/h1-5,8-11,15H,6-7,12-13H2,(H,21,25)(H,23,24). The van der Waals surface area contributed by atoms with Crippen LogP contribution < -0.4 is 5.32 Å². The molecule has 2 aromatic carbocycles. The average molecular weight is 352 g/mol. The fourth-order valence-corrected chi connectivity index (χ4v) is 2.64. The first-order chi connectivity index (χ1) is 12.5. The van der Waals surface area contributed by atoms with Crippen molar-refractivity contribution in [1.29, 1.82) is 0 Å². The molecule has 0 bridgehead atoms. The van der Waals surface area contributed by atoms with Gasteiger partial charge in [-0.2, -0.15) is 0 Å². The van der Waals surface area contributed by atoms with Crippen LogP contribution >= 0.6 is 0 Å². The SMILES string of the molecule is O=C(O)CN(Cc1ccccc1)C(=O)c1ccc(NC(=O)C2CC2)cc1. The van der Waals surface area contributed by atoms with Crippen molar-refractivity contribution in [3.8, 4) is 0 Å². The number of benzene rings is 2. The van der Waals surface area contributed by atoms with Crippen molar-refractivity contribution in [2.75, 3.05) is 11.9 Å². The number of carbonyl (C=O) groups excluding carboxylic acids is 2. The summed E-state index contributed by atoms with van der Waals surface area (Å²) in [6.07, 6.45) is 1.85. The van der Waals surface area contributed by atoms with Gasteiger partial charge >= 0.3 is 5.97 Å². The Morgan fingerprint density at radius 3 is 2.23 bits per heavy atom. The molecule has 1 aliphatic rings. The largest absolute Gasteiger partial charge is 0.480 e. The zero-order chi connectivity index (χ0) is 18.5. The molecule has 1 aliphatic carbocycles. The van der Waals surface area contributed by atoms with Gasteiger partial charge in [-0.1, -0.05) is 30.3 Å².